The Kier molecular flexibility index (Phi) is 7.63. The largest absolute Gasteiger partial charge is 0.493 e. The van der Waals surface area contributed by atoms with Gasteiger partial charge in [0.2, 0.25) is 10.0 Å². The summed E-state index contributed by atoms with van der Waals surface area (Å²) in [6, 6.07) is 11.9. The monoisotopic (exact) mass is 483 g/mol. The van der Waals surface area contributed by atoms with Crippen molar-refractivity contribution in [2.75, 3.05) is 31.3 Å². The number of hydrogen-bond acceptors (Lipinski definition) is 6. The van der Waals surface area contributed by atoms with E-state index in [1.807, 2.05) is 0 Å². The van der Waals surface area contributed by atoms with Crippen LogP contribution in [0.1, 0.15) is 12.5 Å². The SMILES string of the molecule is COc1ccc(/C(C)=N/NC(=O)CN(c2cccc(Br)c2)S(C)(=O)=O)cc1OC. The molecule has 0 atom stereocenters. The highest BCUT2D eigenvalue weighted by Crippen LogP contribution is 2.27. The lowest BCUT2D eigenvalue weighted by Crippen LogP contribution is -2.39. The van der Waals surface area contributed by atoms with Crippen LogP contribution in [0.5, 0.6) is 11.5 Å². The third kappa shape index (κ3) is 6.20. The maximum atomic E-state index is 12.3. The molecule has 1 amide bonds. The van der Waals surface area contributed by atoms with Crippen LogP contribution in [-0.4, -0.2) is 47.1 Å². The van der Waals surface area contributed by atoms with E-state index in [9.17, 15) is 13.2 Å². The molecule has 156 valence electrons. The maximum Gasteiger partial charge on any atom is 0.260 e. The Morgan fingerprint density at radius 3 is 2.41 bits per heavy atom. The number of amides is 1. The van der Waals surface area contributed by atoms with Gasteiger partial charge in [0.1, 0.15) is 6.54 Å². The van der Waals surface area contributed by atoms with Gasteiger partial charge >= 0.3 is 0 Å². The minimum Gasteiger partial charge on any atom is -0.493 e. The van der Waals surface area contributed by atoms with Crippen molar-refractivity contribution in [3.8, 4) is 11.5 Å². The zero-order chi connectivity index (χ0) is 21.6. The highest BCUT2D eigenvalue weighted by atomic mass is 79.9. The third-order valence-electron chi connectivity index (χ3n) is 3.93. The number of nitrogens with zero attached hydrogens (tertiary/aromatic N) is 2. The number of ether oxygens (including phenoxy) is 2. The fourth-order valence-electron chi connectivity index (χ4n) is 2.47. The zero-order valence-corrected chi connectivity index (χ0v) is 18.9. The second kappa shape index (κ2) is 9.75. The number of hydrazone groups is 1. The quantitative estimate of drug-likeness (QED) is 0.459. The molecule has 0 fully saturated rings. The fourth-order valence-corrected chi connectivity index (χ4v) is 3.70. The van der Waals surface area contributed by atoms with Gasteiger partial charge in [-0.2, -0.15) is 5.10 Å². The zero-order valence-electron chi connectivity index (χ0n) is 16.5. The molecule has 8 nitrogen and oxygen atoms in total. The molecule has 2 aromatic carbocycles. The van der Waals surface area contributed by atoms with E-state index in [0.717, 1.165) is 16.1 Å². The molecular formula is C19H22BrN3O5S. The lowest BCUT2D eigenvalue weighted by molar-refractivity contribution is -0.119. The van der Waals surface area contributed by atoms with Crippen molar-refractivity contribution in [3.63, 3.8) is 0 Å². The van der Waals surface area contributed by atoms with E-state index < -0.39 is 22.5 Å². The van der Waals surface area contributed by atoms with Crippen LogP contribution < -0.4 is 19.2 Å². The van der Waals surface area contributed by atoms with Crippen LogP contribution in [0.15, 0.2) is 52.0 Å². The Morgan fingerprint density at radius 2 is 1.83 bits per heavy atom. The average molecular weight is 484 g/mol. The van der Waals surface area contributed by atoms with Crippen LogP contribution in [0, 0.1) is 0 Å². The van der Waals surface area contributed by atoms with E-state index in [4.69, 9.17) is 9.47 Å². The highest BCUT2D eigenvalue weighted by Gasteiger charge is 2.21. The van der Waals surface area contributed by atoms with Crippen molar-refractivity contribution in [1.82, 2.24) is 5.43 Å². The van der Waals surface area contributed by atoms with Crippen LogP contribution in [0.25, 0.3) is 0 Å². The summed E-state index contributed by atoms with van der Waals surface area (Å²) in [5.74, 6) is 0.532. The van der Waals surface area contributed by atoms with Gasteiger partial charge in [-0.05, 0) is 43.3 Å². The van der Waals surface area contributed by atoms with Gasteiger partial charge in [-0.15, -0.1) is 0 Å². The van der Waals surface area contributed by atoms with E-state index in [0.29, 0.717) is 27.4 Å². The van der Waals surface area contributed by atoms with E-state index in [2.05, 4.69) is 26.5 Å². The predicted molar refractivity (Wildman–Crippen MR) is 116 cm³/mol. The molecule has 0 aliphatic rings. The number of benzene rings is 2. The van der Waals surface area contributed by atoms with Crippen molar-refractivity contribution in [1.29, 1.82) is 0 Å². The number of sulfonamides is 1. The molecule has 2 rings (SSSR count). The molecule has 0 bridgehead atoms. The summed E-state index contributed by atoms with van der Waals surface area (Å²) in [7, 11) is -0.600. The topological polar surface area (TPSA) is 97.3 Å². The van der Waals surface area contributed by atoms with Crippen molar-refractivity contribution in [2.45, 2.75) is 6.92 Å². The van der Waals surface area contributed by atoms with Gasteiger partial charge < -0.3 is 9.47 Å². The Hall–Kier alpha value is -2.59. The van der Waals surface area contributed by atoms with E-state index >= 15 is 0 Å². The van der Waals surface area contributed by atoms with Gasteiger partial charge in [0, 0.05) is 10.0 Å². The lowest BCUT2D eigenvalue weighted by Gasteiger charge is -2.21. The number of rotatable bonds is 8. The molecule has 10 heteroatoms. The Labute approximate surface area is 178 Å². The van der Waals surface area contributed by atoms with Crippen LogP contribution in [0.3, 0.4) is 0 Å². The molecule has 0 saturated carbocycles. The molecule has 1 N–H and O–H groups in total. The number of methoxy groups -OCH3 is 2. The summed E-state index contributed by atoms with van der Waals surface area (Å²) < 4.78 is 36.4. The molecule has 0 heterocycles. The third-order valence-corrected chi connectivity index (χ3v) is 5.57. The number of anilines is 1. The van der Waals surface area contributed by atoms with Crippen LogP contribution >= 0.6 is 15.9 Å². The minimum absolute atomic E-state index is 0.373. The number of nitrogens with one attached hydrogen (secondary N) is 1. The highest BCUT2D eigenvalue weighted by molar-refractivity contribution is 9.10. The van der Waals surface area contributed by atoms with Crippen LogP contribution in [0.2, 0.25) is 0 Å². The second-order valence-electron chi connectivity index (χ2n) is 6.05. The molecule has 0 aromatic heterocycles. The fraction of sp³-hybridized carbons (Fsp3) is 0.263. The van der Waals surface area contributed by atoms with Crippen LogP contribution in [-0.2, 0) is 14.8 Å². The van der Waals surface area contributed by atoms with Gasteiger partial charge in [0.25, 0.3) is 5.91 Å². The standard InChI is InChI=1S/C19H22BrN3O5S/c1-13(14-8-9-17(27-2)18(10-14)28-3)21-22-19(24)12-23(29(4,25)26)16-7-5-6-15(20)11-16/h5-11H,12H2,1-4H3,(H,22,24)/b21-13+. The van der Waals surface area contributed by atoms with E-state index in [-0.39, 0.29) is 0 Å². The summed E-state index contributed by atoms with van der Waals surface area (Å²) >= 11 is 3.30. The first-order chi connectivity index (χ1) is 13.7. The summed E-state index contributed by atoms with van der Waals surface area (Å²) in [6.07, 6.45) is 1.04. The van der Waals surface area contributed by atoms with Gasteiger partial charge in [0.05, 0.1) is 31.9 Å². The number of carbonyl (C=O) groups is 1. The first-order valence-electron chi connectivity index (χ1n) is 8.44. The Bertz CT molecular complexity index is 1020. The summed E-state index contributed by atoms with van der Waals surface area (Å²) in [4.78, 5) is 12.3. The van der Waals surface area contributed by atoms with Gasteiger partial charge in [0.15, 0.2) is 11.5 Å². The molecule has 29 heavy (non-hydrogen) atoms. The molecule has 0 aliphatic carbocycles. The van der Waals surface area contributed by atoms with Gasteiger partial charge in [-0.25, -0.2) is 13.8 Å². The first-order valence-corrected chi connectivity index (χ1v) is 11.1. The lowest BCUT2D eigenvalue weighted by atomic mass is 10.1. The number of halogens is 1. The van der Waals surface area contributed by atoms with Gasteiger partial charge in [-0.1, -0.05) is 22.0 Å². The molecule has 0 unspecified atom stereocenters. The van der Waals surface area contributed by atoms with Crippen molar-refractivity contribution < 1.29 is 22.7 Å². The Morgan fingerprint density at radius 1 is 1.14 bits per heavy atom. The summed E-state index contributed by atoms with van der Waals surface area (Å²) in [5.41, 5.74) is 4.00. The van der Waals surface area contributed by atoms with Gasteiger partial charge in [-0.3, -0.25) is 9.10 Å². The molecule has 2 aromatic rings. The predicted octanol–water partition coefficient (Wildman–Crippen LogP) is 2.77. The smallest absolute Gasteiger partial charge is 0.260 e. The van der Waals surface area contributed by atoms with Crippen molar-refractivity contribution in [3.05, 3.63) is 52.5 Å². The maximum absolute atomic E-state index is 12.3. The number of carbonyl (C=O) groups excluding carboxylic acids is 1. The molecule has 0 spiro atoms. The first kappa shape index (κ1) is 22.7. The van der Waals surface area contributed by atoms with Crippen molar-refractivity contribution >= 4 is 43.3 Å². The normalized spacial score (nSPS) is 11.7. The number of hydrogen-bond donors (Lipinski definition) is 1. The Balaban J connectivity index is 2.16. The summed E-state index contributed by atoms with van der Waals surface area (Å²) in [5, 5.41) is 4.06. The second-order valence-corrected chi connectivity index (χ2v) is 8.87. The average Bonchev–Trinajstić information content (AvgIpc) is 2.68. The molecule has 0 radical (unpaired) electrons. The summed E-state index contributed by atoms with van der Waals surface area (Å²) in [6.45, 7) is 1.31. The molecule has 0 saturated heterocycles. The van der Waals surface area contributed by atoms with Crippen molar-refractivity contribution in [2.24, 2.45) is 5.10 Å². The molecular weight excluding hydrogens is 462 g/mol. The van der Waals surface area contributed by atoms with Crippen LogP contribution in [0.4, 0.5) is 5.69 Å². The van der Waals surface area contributed by atoms with E-state index in [1.165, 1.54) is 14.2 Å². The molecule has 0 aliphatic heterocycles. The van der Waals surface area contributed by atoms with E-state index in [1.54, 1.807) is 49.4 Å². The minimum atomic E-state index is -3.66.